The smallest absolute Gasteiger partial charge is 0.362 e. The quantitative estimate of drug-likeness (QED) is 0.153. The lowest BCUT2D eigenvalue weighted by molar-refractivity contribution is -0.937. The second-order valence-corrected chi connectivity index (χ2v) is 22.7. The summed E-state index contributed by atoms with van der Waals surface area (Å²) < 4.78 is 15.7. The molecule has 11 rings (SSSR count). The van der Waals surface area contributed by atoms with Gasteiger partial charge in [-0.3, -0.25) is 9.80 Å². The molecule has 0 aromatic heterocycles. The normalized spacial score (nSPS) is 49.5. The number of ether oxygens (including phenoxy) is 2. The lowest BCUT2D eigenvalue weighted by Gasteiger charge is -2.73. The molecule has 11 fully saturated rings. The van der Waals surface area contributed by atoms with Crippen molar-refractivity contribution in [2.24, 2.45) is 56.7 Å². The van der Waals surface area contributed by atoms with E-state index in [4.69, 9.17) is 9.47 Å². The van der Waals surface area contributed by atoms with Crippen molar-refractivity contribution in [1.29, 1.82) is 0 Å². The van der Waals surface area contributed by atoms with Gasteiger partial charge >= 0.3 is 5.97 Å². The van der Waals surface area contributed by atoms with Gasteiger partial charge in [-0.25, -0.2) is 4.79 Å². The summed E-state index contributed by atoms with van der Waals surface area (Å²) in [6.07, 6.45) is 12.7. The van der Waals surface area contributed by atoms with Gasteiger partial charge in [-0.15, -0.1) is 0 Å². The van der Waals surface area contributed by atoms with Crippen LogP contribution in [0.15, 0.2) is 24.5 Å². The summed E-state index contributed by atoms with van der Waals surface area (Å²) in [5.41, 5.74) is 2.58. The van der Waals surface area contributed by atoms with Crippen LogP contribution >= 0.6 is 0 Å². The molecule has 0 aromatic rings. The van der Waals surface area contributed by atoms with Crippen LogP contribution in [-0.4, -0.2) is 129 Å². The minimum absolute atomic E-state index is 0. The fourth-order valence-electron chi connectivity index (χ4n) is 16.8. The van der Waals surface area contributed by atoms with Crippen LogP contribution < -0.4 is 24.8 Å². The monoisotopic (exact) mass is 817 g/mol. The summed E-state index contributed by atoms with van der Waals surface area (Å²) in [6, 6.07) is 0. The van der Waals surface area contributed by atoms with Gasteiger partial charge in [0.05, 0.1) is 45.9 Å². The largest absolute Gasteiger partial charge is 1.00 e. The Balaban J connectivity index is 0.00000240. The Morgan fingerprint density at radius 3 is 1.86 bits per heavy atom. The zero-order valence-electron chi connectivity index (χ0n) is 36.3. The third-order valence-corrected chi connectivity index (χ3v) is 20.3. The van der Waals surface area contributed by atoms with Crippen molar-refractivity contribution >= 4 is 5.97 Å². The molecule has 56 heavy (non-hydrogen) atoms. The maximum Gasteiger partial charge on any atom is 0.362 e. The van der Waals surface area contributed by atoms with E-state index in [1.165, 1.54) is 107 Å². The summed E-state index contributed by atoms with van der Waals surface area (Å²) in [4.78, 5) is 18.9. The van der Waals surface area contributed by atoms with Crippen LogP contribution in [0.5, 0.6) is 0 Å². The van der Waals surface area contributed by atoms with Crippen molar-refractivity contribution in [1.82, 2.24) is 9.80 Å². The molecule has 10 atom stereocenters. The van der Waals surface area contributed by atoms with E-state index in [1.807, 2.05) is 0 Å². The van der Waals surface area contributed by atoms with Crippen molar-refractivity contribution in [3.05, 3.63) is 24.5 Å². The molecule has 5 aliphatic carbocycles. The van der Waals surface area contributed by atoms with Gasteiger partial charge in [-0.2, -0.15) is 0 Å². The van der Waals surface area contributed by atoms with E-state index in [0.717, 1.165) is 80.9 Å². The third-order valence-electron chi connectivity index (χ3n) is 20.3. The van der Waals surface area contributed by atoms with Crippen molar-refractivity contribution in [3.8, 4) is 0 Å². The SMILES string of the molecule is C=C(C[N+]12CCN(CC1)CC2)OC[C@]12CC[C@@H](C(=C)C)C1C1CCC3[C@@]4(C)CC[C@H](OC(=O)C[N+]56CCN(CC5)CC6)C(C)(C)C4CC[C@@]3(C)[C@]1(C)CC2.[Cl-].[Cl-]. The number of nitrogens with zero attached hydrogens (tertiary/aromatic N) is 4. The van der Waals surface area contributed by atoms with Gasteiger partial charge in [0.25, 0.3) is 0 Å². The zero-order valence-corrected chi connectivity index (χ0v) is 37.8. The van der Waals surface area contributed by atoms with Gasteiger partial charge in [0.1, 0.15) is 18.4 Å². The molecule has 0 spiro atoms. The highest BCUT2D eigenvalue weighted by Gasteiger charge is 2.71. The maximum absolute atomic E-state index is 13.7. The number of quaternary nitrogens is 2. The van der Waals surface area contributed by atoms with E-state index in [2.05, 4.69) is 64.5 Å². The number of piperazine rings is 6. The molecule has 0 aromatic carbocycles. The molecule has 9 heteroatoms. The van der Waals surface area contributed by atoms with E-state index >= 15 is 0 Å². The fraction of sp³-hybridized carbons (Fsp3) is 0.894. The molecule has 0 N–H and O–H groups in total. The number of hydrogen-bond donors (Lipinski definition) is 0. The average molecular weight is 818 g/mol. The van der Waals surface area contributed by atoms with Crippen LogP contribution in [-0.2, 0) is 14.3 Å². The molecule has 4 unspecified atom stereocenters. The molecular formula is C47H78Cl2N4O3. The Bertz CT molecular complexity index is 1490. The zero-order chi connectivity index (χ0) is 37.9. The van der Waals surface area contributed by atoms with Crippen LogP contribution in [0.1, 0.15) is 106 Å². The Hall–Kier alpha value is -0.830. The molecule has 4 bridgehead atoms. The lowest BCUT2D eigenvalue weighted by Crippen LogP contribution is -3.00. The summed E-state index contributed by atoms with van der Waals surface area (Å²) in [5.74, 6) is 4.42. The molecule has 0 amide bonds. The fourth-order valence-corrected chi connectivity index (χ4v) is 16.8. The molecule has 6 aliphatic heterocycles. The van der Waals surface area contributed by atoms with Gasteiger partial charge in [-0.05, 0) is 117 Å². The Labute approximate surface area is 353 Å². The first-order valence-corrected chi connectivity index (χ1v) is 22.9. The van der Waals surface area contributed by atoms with Crippen molar-refractivity contribution in [2.75, 3.05) is 98.2 Å². The highest BCUT2D eigenvalue weighted by atomic mass is 35.5. The molecule has 318 valence electrons. The summed E-state index contributed by atoms with van der Waals surface area (Å²) in [5, 5.41) is 0. The van der Waals surface area contributed by atoms with E-state index in [0.29, 0.717) is 35.1 Å². The second-order valence-electron chi connectivity index (χ2n) is 22.7. The Morgan fingerprint density at radius 1 is 0.679 bits per heavy atom. The first-order valence-electron chi connectivity index (χ1n) is 22.9. The van der Waals surface area contributed by atoms with Gasteiger partial charge in [-0.1, -0.05) is 53.3 Å². The van der Waals surface area contributed by atoms with E-state index in [-0.39, 0.29) is 53.1 Å². The van der Waals surface area contributed by atoms with Gasteiger partial charge in [0.2, 0.25) is 0 Å². The minimum Gasteiger partial charge on any atom is -1.00 e. The Morgan fingerprint density at radius 2 is 1.27 bits per heavy atom. The summed E-state index contributed by atoms with van der Waals surface area (Å²) in [6.45, 7) is 41.5. The third kappa shape index (κ3) is 6.59. The van der Waals surface area contributed by atoms with Crippen LogP contribution in [0.3, 0.4) is 0 Å². The van der Waals surface area contributed by atoms with E-state index in [1.54, 1.807) is 0 Å². The molecule has 6 heterocycles. The summed E-state index contributed by atoms with van der Waals surface area (Å²) >= 11 is 0. The number of rotatable bonds is 9. The number of hydrogen-bond acceptors (Lipinski definition) is 5. The molecular weight excluding hydrogens is 739 g/mol. The minimum atomic E-state index is -0.00673. The molecule has 5 saturated carbocycles. The van der Waals surface area contributed by atoms with Crippen molar-refractivity contribution in [2.45, 2.75) is 112 Å². The number of carbonyl (C=O) groups excluding carboxylic acids is 1. The van der Waals surface area contributed by atoms with E-state index < -0.39 is 0 Å². The molecule has 6 saturated heterocycles. The van der Waals surface area contributed by atoms with Gasteiger partial charge in [0, 0.05) is 50.1 Å². The number of carbonyl (C=O) groups is 1. The number of halogens is 2. The lowest BCUT2D eigenvalue weighted by atomic mass is 9.32. The number of fused-ring (bicyclic) bond motifs is 13. The topological polar surface area (TPSA) is 42.0 Å². The van der Waals surface area contributed by atoms with Crippen LogP contribution in [0.4, 0.5) is 0 Å². The van der Waals surface area contributed by atoms with Crippen LogP contribution in [0.25, 0.3) is 0 Å². The van der Waals surface area contributed by atoms with Crippen LogP contribution in [0, 0.1) is 56.7 Å². The molecule has 0 radical (unpaired) electrons. The predicted octanol–water partition coefficient (Wildman–Crippen LogP) is 1.39. The number of esters is 1. The van der Waals surface area contributed by atoms with Crippen LogP contribution in [0.2, 0.25) is 0 Å². The van der Waals surface area contributed by atoms with E-state index in [9.17, 15) is 4.79 Å². The average Bonchev–Trinajstić information content (AvgIpc) is 3.54. The first-order chi connectivity index (χ1) is 25.6. The molecule has 7 nitrogen and oxygen atoms in total. The number of allylic oxidation sites excluding steroid dienone is 1. The van der Waals surface area contributed by atoms with Crippen molar-refractivity contribution in [3.63, 3.8) is 0 Å². The molecule has 11 aliphatic rings. The van der Waals surface area contributed by atoms with Gasteiger partial charge in [0.15, 0.2) is 6.54 Å². The standard InChI is InChI=1S/C47H78N4O3.2ClH/c1-34(2)36-11-16-47(33-53-35(3)31-50-25-19-48(20-26-50)21-27-50)18-17-45(7)37(42(36)47)9-10-39-44(6)14-13-40(43(4,5)38(44)12-15-46(39,45)8)54-41(52)32-51-28-22-49(23-29-51)24-30-51;;/h36-40,42H,1,3,9-33H2,2,4-8H3;2*1H/q+2;;/p-2/t36-,37?,38?,39?,40-,42?,44-,45+,46+,47+;;/m0../s1. The van der Waals surface area contributed by atoms with Crippen molar-refractivity contribution < 1.29 is 48.0 Å². The predicted molar refractivity (Wildman–Crippen MR) is 216 cm³/mol. The highest BCUT2D eigenvalue weighted by molar-refractivity contribution is 5.71. The highest BCUT2D eigenvalue weighted by Crippen LogP contribution is 2.77. The first kappa shape index (κ1) is 43.3. The summed E-state index contributed by atoms with van der Waals surface area (Å²) in [7, 11) is 0. The van der Waals surface area contributed by atoms with Gasteiger partial charge < -0.3 is 43.3 Å². The Kier molecular flexibility index (Phi) is 11.6. The maximum atomic E-state index is 13.7. The second kappa shape index (κ2) is 15.0.